The third-order valence-electron chi connectivity index (χ3n) is 5.26. The van der Waals surface area contributed by atoms with Crippen molar-refractivity contribution >= 4 is 11.6 Å². The van der Waals surface area contributed by atoms with Crippen molar-refractivity contribution in [3.05, 3.63) is 59.4 Å². The predicted octanol–water partition coefficient (Wildman–Crippen LogP) is 2.98. The average molecular weight is 355 g/mol. The number of ether oxygens (including phenoxy) is 1. The van der Waals surface area contributed by atoms with E-state index in [1.54, 1.807) is 19.2 Å². The van der Waals surface area contributed by atoms with E-state index in [0.717, 1.165) is 43.8 Å². The number of carbonyl (C=O) groups is 1. The van der Waals surface area contributed by atoms with Crippen LogP contribution < -0.4 is 15.4 Å². The van der Waals surface area contributed by atoms with Crippen molar-refractivity contribution in [1.82, 2.24) is 10.2 Å². The Hall–Kier alpha value is -2.60. The van der Waals surface area contributed by atoms with Gasteiger partial charge in [0.05, 0.1) is 18.4 Å². The average Bonchev–Trinajstić information content (AvgIpc) is 2.64. The summed E-state index contributed by atoms with van der Waals surface area (Å²) in [4.78, 5) is 14.8. The molecule has 0 aromatic heterocycles. The molecule has 1 fully saturated rings. The number of amides is 1. The van der Waals surface area contributed by atoms with Crippen LogP contribution in [-0.2, 0) is 6.54 Å². The first-order valence-electron chi connectivity index (χ1n) is 8.84. The van der Waals surface area contributed by atoms with Gasteiger partial charge >= 0.3 is 0 Å². The lowest BCUT2D eigenvalue weighted by atomic mass is 9.92. The Morgan fingerprint density at radius 2 is 1.88 bits per heavy atom. The summed E-state index contributed by atoms with van der Waals surface area (Å²) in [6.45, 7) is 2.46. The predicted molar refractivity (Wildman–Crippen MR) is 97.7 cm³/mol. The Morgan fingerprint density at radius 3 is 2.65 bits per heavy atom. The van der Waals surface area contributed by atoms with Gasteiger partial charge in [-0.05, 0) is 18.2 Å². The maximum Gasteiger partial charge on any atom is 0.258 e. The van der Waals surface area contributed by atoms with E-state index in [0.29, 0.717) is 5.69 Å². The van der Waals surface area contributed by atoms with E-state index < -0.39 is 11.5 Å². The quantitative estimate of drug-likeness (QED) is 0.889. The van der Waals surface area contributed by atoms with Crippen LogP contribution in [0.3, 0.4) is 0 Å². The lowest BCUT2D eigenvalue weighted by molar-refractivity contribution is 0.0817. The molecule has 26 heavy (non-hydrogen) atoms. The minimum atomic E-state index is -0.505. The molecule has 1 saturated heterocycles. The second-order valence-corrected chi connectivity index (χ2v) is 6.91. The molecule has 4 rings (SSSR count). The molecule has 2 aliphatic rings. The zero-order chi connectivity index (χ0) is 18.1. The first-order chi connectivity index (χ1) is 12.6. The van der Waals surface area contributed by atoms with E-state index in [1.807, 2.05) is 18.2 Å². The number of methoxy groups -OCH3 is 1. The van der Waals surface area contributed by atoms with Crippen molar-refractivity contribution in [2.24, 2.45) is 0 Å². The number of para-hydroxylation sites is 1. The first kappa shape index (κ1) is 16.8. The molecule has 2 heterocycles. The van der Waals surface area contributed by atoms with Crippen LogP contribution in [0.4, 0.5) is 10.1 Å². The molecule has 6 heteroatoms. The van der Waals surface area contributed by atoms with Gasteiger partial charge < -0.3 is 15.4 Å². The third kappa shape index (κ3) is 3.01. The van der Waals surface area contributed by atoms with Gasteiger partial charge in [0.15, 0.2) is 0 Å². The maximum atomic E-state index is 13.9. The Bertz CT molecular complexity index is 832. The summed E-state index contributed by atoms with van der Waals surface area (Å²) >= 11 is 0. The molecule has 0 bridgehead atoms. The number of hydrogen-bond donors (Lipinski definition) is 2. The highest BCUT2D eigenvalue weighted by atomic mass is 19.1. The second-order valence-electron chi connectivity index (χ2n) is 6.91. The van der Waals surface area contributed by atoms with Crippen molar-refractivity contribution in [2.75, 3.05) is 25.5 Å². The lowest BCUT2D eigenvalue weighted by Gasteiger charge is -2.46. The monoisotopic (exact) mass is 355 g/mol. The molecule has 1 amide bonds. The first-order valence-corrected chi connectivity index (χ1v) is 8.84. The Kier molecular flexibility index (Phi) is 4.28. The summed E-state index contributed by atoms with van der Waals surface area (Å²) in [6.07, 6.45) is 1.51. The number of fused-ring (bicyclic) bond motifs is 1. The van der Waals surface area contributed by atoms with Crippen molar-refractivity contribution in [2.45, 2.75) is 25.0 Å². The van der Waals surface area contributed by atoms with E-state index in [2.05, 4.69) is 21.6 Å². The maximum absolute atomic E-state index is 13.9. The van der Waals surface area contributed by atoms with Crippen LogP contribution in [0.5, 0.6) is 5.75 Å². The highest BCUT2D eigenvalue weighted by molar-refractivity contribution is 6.02. The number of nitrogens with zero attached hydrogens (tertiary/aromatic N) is 1. The summed E-state index contributed by atoms with van der Waals surface area (Å²) in [6, 6.07) is 12.7. The summed E-state index contributed by atoms with van der Waals surface area (Å²) in [5.74, 6) is 0.0623. The SMILES string of the molecule is COc1ccccc1CN1CCC2(CC1)NC(=O)c1c(F)cccc1N2. The number of rotatable bonds is 3. The summed E-state index contributed by atoms with van der Waals surface area (Å²) in [7, 11) is 1.68. The third-order valence-corrected chi connectivity index (χ3v) is 5.26. The van der Waals surface area contributed by atoms with Gasteiger partial charge in [-0.3, -0.25) is 9.69 Å². The zero-order valence-corrected chi connectivity index (χ0v) is 14.7. The van der Waals surface area contributed by atoms with E-state index >= 15 is 0 Å². The van der Waals surface area contributed by atoms with Gasteiger partial charge in [0.2, 0.25) is 0 Å². The normalized spacial score (nSPS) is 18.8. The summed E-state index contributed by atoms with van der Waals surface area (Å²) in [5, 5.41) is 6.36. The van der Waals surface area contributed by atoms with Crippen molar-refractivity contribution < 1.29 is 13.9 Å². The number of hydrogen-bond acceptors (Lipinski definition) is 4. The van der Waals surface area contributed by atoms with Gasteiger partial charge in [0.1, 0.15) is 17.2 Å². The molecule has 0 atom stereocenters. The van der Waals surface area contributed by atoms with Gasteiger partial charge in [-0.15, -0.1) is 0 Å². The largest absolute Gasteiger partial charge is 0.496 e. The van der Waals surface area contributed by atoms with Crippen LogP contribution in [0, 0.1) is 5.82 Å². The number of halogens is 1. The molecule has 2 aromatic carbocycles. The minimum Gasteiger partial charge on any atom is -0.496 e. The fourth-order valence-electron chi connectivity index (χ4n) is 3.85. The number of nitrogens with one attached hydrogen (secondary N) is 2. The van der Waals surface area contributed by atoms with Gasteiger partial charge in [0.25, 0.3) is 5.91 Å². The summed E-state index contributed by atoms with van der Waals surface area (Å²) in [5.41, 5.74) is 1.33. The van der Waals surface area contributed by atoms with Crippen LogP contribution in [0.2, 0.25) is 0 Å². The standard InChI is InChI=1S/C20H22FN3O2/c1-26-17-8-3-2-5-14(17)13-24-11-9-20(10-12-24)22-16-7-4-6-15(21)18(16)19(25)23-20/h2-8,22H,9-13H2,1H3,(H,23,25). The summed E-state index contributed by atoms with van der Waals surface area (Å²) < 4.78 is 19.4. The molecule has 2 aromatic rings. The topological polar surface area (TPSA) is 53.6 Å². The zero-order valence-electron chi connectivity index (χ0n) is 14.7. The number of piperidine rings is 1. The Balaban J connectivity index is 1.46. The molecule has 5 nitrogen and oxygen atoms in total. The number of anilines is 1. The molecule has 2 N–H and O–H groups in total. The van der Waals surface area contributed by atoms with Crippen LogP contribution in [0.25, 0.3) is 0 Å². The molecular formula is C20H22FN3O2. The van der Waals surface area contributed by atoms with E-state index in [-0.39, 0.29) is 11.5 Å². The van der Waals surface area contributed by atoms with Crippen molar-refractivity contribution in [1.29, 1.82) is 0 Å². The molecule has 2 aliphatic heterocycles. The van der Waals surface area contributed by atoms with Crippen LogP contribution in [0.1, 0.15) is 28.8 Å². The smallest absolute Gasteiger partial charge is 0.258 e. The van der Waals surface area contributed by atoms with Crippen molar-refractivity contribution in [3.8, 4) is 5.75 Å². The fourth-order valence-corrected chi connectivity index (χ4v) is 3.85. The fraction of sp³-hybridized carbons (Fsp3) is 0.350. The van der Waals surface area contributed by atoms with Gasteiger partial charge in [-0.2, -0.15) is 0 Å². The van der Waals surface area contributed by atoms with E-state index in [9.17, 15) is 9.18 Å². The highest BCUT2D eigenvalue weighted by Gasteiger charge is 2.41. The minimum absolute atomic E-state index is 0.106. The highest BCUT2D eigenvalue weighted by Crippen LogP contribution is 2.33. The number of benzene rings is 2. The molecule has 0 unspecified atom stereocenters. The molecule has 0 radical (unpaired) electrons. The number of likely N-dealkylation sites (tertiary alicyclic amines) is 1. The Morgan fingerprint density at radius 1 is 1.12 bits per heavy atom. The van der Waals surface area contributed by atoms with Crippen LogP contribution >= 0.6 is 0 Å². The van der Waals surface area contributed by atoms with E-state index in [4.69, 9.17) is 4.74 Å². The van der Waals surface area contributed by atoms with Gasteiger partial charge in [-0.25, -0.2) is 4.39 Å². The van der Waals surface area contributed by atoms with Crippen LogP contribution in [0.15, 0.2) is 42.5 Å². The molecule has 1 spiro atoms. The van der Waals surface area contributed by atoms with E-state index in [1.165, 1.54) is 6.07 Å². The second kappa shape index (κ2) is 6.61. The lowest BCUT2D eigenvalue weighted by Crippen LogP contribution is -2.62. The van der Waals surface area contributed by atoms with Gasteiger partial charge in [-0.1, -0.05) is 24.3 Å². The van der Waals surface area contributed by atoms with Gasteiger partial charge in [0, 0.05) is 38.0 Å². The van der Waals surface area contributed by atoms with Crippen molar-refractivity contribution in [3.63, 3.8) is 0 Å². The Labute approximate surface area is 152 Å². The molecular weight excluding hydrogens is 333 g/mol. The molecule has 136 valence electrons. The van der Waals surface area contributed by atoms with Crippen LogP contribution in [-0.4, -0.2) is 36.7 Å². The number of carbonyl (C=O) groups excluding carboxylic acids is 1. The molecule has 0 aliphatic carbocycles. The molecule has 0 saturated carbocycles.